The standard InChI is InChI=1S/C16H21N3O2/c1-11(2)10-20-7-8-21-15-9-13(16(17)18)12-5-3-4-6-14(12)19-15/h3-6,9,11H,7-8,10H2,1-2H3,(H3,17,18). The highest BCUT2D eigenvalue weighted by Gasteiger charge is 2.08. The summed E-state index contributed by atoms with van der Waals surface area (Å²) in [6.07, 6.45) is 0. The third kappa shape index (κ3) is 4.16. The number of hydrogen-bond donors (Lipinski definition) is 2. The molecule has 1 aromatic heterocycles. The van der Waals surface area contributed by atoms with Crippen LogP contribution in [0.4, 0.5) is 0 Å². The molecule has 112 valence electrons. The summed E-state index contributed by atoms with van der Waals surface area (Å²) in [5.74, 6) is 0.981. The number of fused-ring (bicyclic) bond motifs is 1. The molecule has 5 nitrogen and oxygen atoms in total. The Morgan fingerprint density at radius 2 is 2.05 bits per heavy atom. The number of amidine groups is 1. The number of nitrogen functional groups attached to an aromatic ring is 1. The minimum atomic E-state index is 0.00880. The van der Waals surface area contributed by atoms with Crippen molar-refractivity contribution in [3.8, 4) is 5.88 Å². The molecule has 0 aliphatic carbocycles. The van der Waals surface area contributed by atoms with Crippen molar-refractivity contribution in [2.24, 2.45) is 11.7 Å². The van der Waals surface area contributed by atoms with Crippen LogP contribution in [-0.4, -0.2) is 30.6 Å². The summed E-state index contributed by atoms with van der Waals surface area (Å²) >= 11 is 0. The second-order valence-electron chi connectivity index (χ2n) is 5.26. The van der Waals surface area contributed by atoms with E-state index in [0.717, 1.165) is 10.9 Å². The third-order valence-corrected chi connectivity index (χ3v) is 2.91. The fourth-order valence-electron chi connectivity index (χ4n) is 1.97. The Morgan fingerprint density at radius 1 is 1.29 bits per heavy atom. The smallest absolute Gasteiger partial charge is 0.214 e. The molecule has 0 unspecified atom stereocenters. The van der Waals surface area contributed by atoms with Crippen LogP contribution >= 0.6 is 0 Å². The van der Waals surface area contributed by atoms with E-state index in [0.29, 0.717) is 37.2 Å². The van der Waals surface area contributed by atoms with E-state index < -0.39 is 0 Å². The summed E-state index contributed by atoms with van der Waals surface area (Å²) in [6, 6.07) is 9.27. The van der Waals surface area contributed by atoms with Crippen molar-refractivity contribution in [2.75, 3.05) is 19.8 Å². The van der Waals surface area contributed by atoms with Crippen LogP contribution in [0.3, 0.4) is 0 Å². The highest BCUT2D eigenvalue weighted by atomic mass is 16.5. The molecule has 0 atom stereocenters. The minimum Gasteiger partial charge on any atom is -0.475 e. The minimum absolute atomic E-state index is 0.00880. The van der Waals surface area contributed by atoms with Crippen LogP contribution in [0, 0.1) is 11.3 Å². The Balaban J connectivity index is 2.08. The van der Waals surface area contributed by atoms with Gasteiger partial charge in [-0.15, -0.1) is 0 Å². The summed E-state index contributed by atoms with van der Waals surface area (Å²) in [5.41, 5.74) is 7.04. The van der Waals surface area contributed by atoms with Gasteiger partial charge in [0, 0.05) is 23.6 Å². The number of pyridine rings is 1. The van der Waals surface area contributed by atoms with Gasteiger partial charge >= 0.3 is 0 Å². The zero-order valence-corrected chi connectivity index (χ0v) is 12.4. The highest BCUT2D eigenvalue weighted by molar-refractivity contribution is 6.06. The molecular weight excluding hydrogens is 266 g/mol. The normalized spacial score (nSPS) is 11.0. The van der Waals surface area contributed by atoms with Gasteiger partial charge in [0.2, 0.25) is 5.88 Å². The van der Waals surface area contributed by atoms with Gasteiger partial charge in [-0.25, -0.2) is 4.98 Å². The molecular formula is C16H21N3O2. The average molecular weight is 287 g/mol. The van der Waals surface area contributed by atoms with E-state index in [1.807, 2.05) is 24.3 Å². The Morgan fingerprint density at radius 3 is 2.76 bits per heavy atom. The fraction of sp³-hybridized carbons (Fsp3) is 0.375. The van der Waals surface area contributed by atoms with Crippen molar-refractivity contribution >= 4 is 16.7 Å². The topological polar surface area (TPSA) is 81.2 Å². The van der Waals surface area contributed by atoms with Gasteiger partial charge in [0.05, 0.1) is 12.1 Å². The summed E-state index contributed by atoms with van der Waals surface area (Å²) in [6.45, 7) is 5.86. The van der Waals surface area contributed by atoms with Crippen LogP contribution in [0.2, 0.25) is 0 Å². The molecule has 0 amide bonds. The first-order valence-electron chi connectivity index (χ1n) is 7.02. The lowest BCUT2D eigenvalue weighted by atomic mass is 10.1. The van der Waals surface area contributed by atoms with Gasteiger partial charge in [0.25, 0.3) is 0 Å². The molecule has 0 bridgehead atoms. The van der Waals surface area contributed by atoms with Crippen molar-refractivity contribution in [1.82, 2.24) is 4.98 Å². The predicted molar refractivity (Wildman–Crippen MR) is 83.9 cm³/mol. The third-order valence-electron chi connectivity index (χ3n) is 2.91. The van der Waals surface area contributed by atoms with Crippen LogP contribution in [0.1, 0.15) is 19.4 Å². The van der Waals surface area contributed by atoms with E-state index >= 15 is 0 Å². The number of aromatic nitrogens is 1. The molecule has 3 N–H and O–H groups in total. The maximum atomic E-state index is 7.67. The second-order valence-corrected chi connectivity index (χ2v) is 5.26. The lowest BCUT2D eigenvalue weighted by molar-refractivity contribution is 0.0807. The van der Waals surface area contributed by atoms with Crippen LogP contribution in [0.25, 0.3) is 10.9 Å². The molecule has 21 heavy (non-hydrogen) atoms. The van der Waals surface area contributed by atoms with Crippen molar-refractivity contribution in [3.63, 3.8) is 0 Å². The lowest BCUT2D eigenvalue weighted by Crippen LogP contribution is -2.14. The SMILES string of the molecule is CC(C)COCCOc1cc(C(=N)N)c2ccccc2n1. The number of benzene rings is 1. The van der Waals surface area contributed by atoms with Gasteiger partial charge in [-0.05, 0) is 12.0 Å². The molecule has 5 heteroatoms. The number of nitrogens with zero attached hydrogens (tertiary/aromatic N) is 1. The number of para-hydroxylation sites is 1. The van der Waals surface area contributed by atoms with E-state index in [2.05, 4.69) is 18.8 Å². The van der Waals surface area contributed by atoms with Crippen LogP contribution < -0.4 is 10.5 Å². The first-order chi connectivity index (χ1) is 10.1. The molecule has 2 aromatic rings. The Bertz CT molecular complexity index is 626. The van der Waals surface area contributed by atoms with Crippen molar-refractivity contribution in [3.05, 3.63) is 35.9 Å². The van der Waals surface area contributed by atoms with Crippen molar-refractivity contribution < 1.29 is 9.47 Å². The van der Waals surface area contributed by atoms with E-state index in [9.17, 15) is 0 Å². The molecule has 0 saturated carbocycles. The first-order valence-corrected chi connectivity index (χ1v) is 7.02. The molecule has 1 heterocycles. The number of rotatable bonds is 7. The van der Waals surface area contributed by atoms with Gasteiger partial charge in [0.15, 0.2) is 0 Å². The molecule has 0 aliphatic heterocycles. The van der Waals surface area contributed by atoms with Crippen LogP contribution in [0.15, 0.2) is 30.3 Å². The monoisotopic (exact) mass is 287 g/mol. The number of nitrogens with one attached hydrogen (secondary N) is 1. The molecule has 1 aromatic carbocycles. The number of nitrogens with two attached hydrogens (primary N) is 1. The second kappa shape index (κ2) is 7.04. The first kappa shape index (κ1) is 15.3. The zero-order valence-electron chi connectivity index (χ0n) is 12.4. The Kier molecular flexibility index (Phi) is 5.11. The van der Waals surface area contributed by atoms with Gasteiger partial charge in [-0.1, -0.05) is 32.0 Å². The predicted octanol–water partition coefficient (Wildman–Crippen LogP) is 2.57. The van der Waals surface area contributed by atoms with Crippen molar-refractivity contribution in [1.29, 1.82) is 5.41 Å². The summed E-state index contributed by atoms with van der Waals surface area (Å²) in [4.78, 5) is 4.42. The summed E-state index contributed by atoms with van der Waals surface area (Å²) in [5, 5.41) is 8.53. The van der Waals surface area contributed by atoms with Crippen molar-refractivity contribution in [2.45, 2.75) is 13.8 Å². The lowest BCUT2D eigenvalue weighted by Gasteiger charge is -2.11. The van der Waals surface area contributed by atoms with E-state index in [-0.39, 0.29) is 5.84 Å². The van der Waals surface area contributed by atoms with Crippen LogP contribution in [0.5, 0.6) is 5.88 Å². The summed E-state index contributed by atoms with van der Waals surface area (Å²) < 4.78 is 11.1. The molecule has 0 radical (unpaired) electrons. The molecule has 0 fully saturated rings. The molecule has 0 spiro atoms. The molecule has 0 saturated heterocycles. The fourth-order valence-corrected chi connectivity index (χ4v) is 1.97. The molecule has 0 aliphatic rings. The highest BCUT2D eigenvalue weighted by Crippen LogP contribution is 2.21. The largest absolute Gasteiger partial charge is 0.475 e. The zero-order chi connectivity index (χ0) is 15.2. The van der Waals surface area contributed by atoms with Gasteiger partial charge in [0.1, 0.15) is 12.4 Å². The Hall–Kier alpha value is -2.14. The number of hydrogen-bond acceptors (Lipinski definition) is 4. The average Bonchev–Trinajstić information content (AvgIpc) is 2.45. The van der Waals surface area contributed by atoms with Gasteiger partial charge in [-0.3, -0.25) is 5.41 Å². The van der Waals surface area contributed by atoms with Gasteiger partial charge < -0.3 is 15.2 Å². The van der Waals surface area contributed by atoms with E-state index in [1.54, 1.807) is 6.07 Å². The van der Waals surface area contributed by atoms with E-state index in [1.165, 1.54) is 0 Å². The molecule has 2 rings (SSSR count). The van der Waals surface area contributed by atoms with Crippen LogP contribution in [-0.2, 0) is 4.74 Å². The number of ether oxygens (including phenoxy) is 2. The maximum Gasteiger partial charge on any atom is 0.214 e. The maximum absolute atomic E-state index is 7.67. The Labute approximate surface area is 124 Å². The van der Waals surface area contributed by atoms with E-state index in [4.69, 9.17) is 20.6 Å². The van der Waals surface area contributed by atoms with Gasteiger partial charge in [-0.2, -0.15) is 0 Å². The summed E-state index contributed by atoms with van der Waals surface area (Å²) in [7, 11) is 0. The quantitative estimate of drug-likeness (QED) is 0.466.